The summed E-state index contributed by atoms with van der Waals surface area (Å²) >= 11 is 0. The van der Waals surface area contributed by atoms with Crippen LogP contribution >= 0.6 is 0 Å². The molecule has 0 saturated carbocycles. The first-order chi connectivity index (χ1) is 10.6. The molecule has 6 nitrogen and oxygen atoms in total. The topological polar surface area (TPSA) is 65.1 Å². The van der Waals surface area contributed by atoms with Crippen LogP contribution in [0.25, 0.3) is 0 Å². The number of nitrogens with zero attached hydrogens (tertiary/aromatic N) is 1. The van der Waals surface area contributed by atoms with Gasteiger partial charge in [-0.2, -0.15) is 0 Å². The minimum Gasteiger partial charge on any atom is -0.454 e. The number of amides is 1. The maximum atomic E-state index is 12.0. The molecule has 2 rings (SSSR count). The zero-order chi connectivity index (χ0) is 15.9. The van der Waals surface area contributed by atoms with Crippen LogP contribution in [-0.4, -0.2) is 55.9 Å². The van der Waals surface area contributed by atoms with Crippen molar-refractivity contribution in [3.63, 3.8) is 0 Å². The Labute approximate surface area is 131 Å². The van der Waals surface area contributed by atoms with Crippen LogP contribution in [0.3, 0.4) is 0 Å². The molecular formula is C16H25NO5. The molecule has 1 fully saturated rings. The van der Waals surface area contributed by atoms with Gasteiger partial charge < -0.3 is 19.1 Å². The van der Waals surface area contributed by atoms with Gasteiger partial charge in [0.1, 0.15) is 0 Å². The lowest BCUT2D eigenvalue weighted by atomic mass is 10.2. The Kier molecular flexibility index (Phi) is 6.39. The van der Waals surface area contributed by atoms with Gasteiger partial charge in [-0.3, -0.25) is 4.79 Å². The highest BCUT2D eigenvalue weighted by Crippen LogP contribution is 2.20. The molecular weight excluding hydrogens is 286 g/mol. The smallest absolute Gasteiger partial charge is 0.335 e. The summed E-state index contributed by atoms with van der Waals surface area (Å²) in [4.78, 5) is 25.4. The Morgan fingerprint density at radius 1 is 1.45 bits per heavy atom. The molecule has 1 aliphatic carbocycles. The fourth-order valence-corrected chi connectivity index (χ4v) is 2.56. The lowest BCUT2D eigenvalue weighted by Gasteiger charge is -2.19. The third kappa shape index (κ3) is 4.81. The minimum atomic E-state index is -0.687. The van der Waals surface area contributed by atoms with Crippen molar-refractivity contribution in [2.24, 2.45) is 0 Å². The van der Waals surface area contributed by atoms with Gasteiger partial charge in [0.05, 0.1) is 12.7 Å². The van der Waals surface area contributed by atoms with E-state index in [9.17, 15) is 9.59 Å². The summed E-state index contributed by atoms with van der Waals surface area (Å²) in [5.74, 6) is -0.729. The van der Waals surface area contributed by atoms with Crippen LogP contribution in [0.15, 0.2) is 11.8 Å². The molecule has 0 aromatic heterocycles. The van der Waals surface area contributed by atoms with Crippen LogP contribution in [-0.2, 0) is 23.8 Å². The van der Waals surface area contributed by atoms with Crippen molar-refractivity contribution in [1.82, 2.24) is 4.90 Å². The second-order valence-corrected chi connectivity index (χ2v) is 5.76. The molecule has 1 heterocycles. The van der Waals surface area contributed by atoms with E-state index in [0.29, 0.717) is 6.61 Å². The van der Waals surface area contributed by atoms with Crippen molar-refractivity contribution in [1.29, 1.82) is 0 Å². The highest BCUT2D eigenvalue weighted by atomic mass is 16.6. The molecule has 0 radical (unpaired) electrons. The molecule has 22 heavy (non-hydrogen) atoms. The summed E-state index contributed by atoms with van der Waals surface area (Å²) in [5, 5.41) is 0. The average molecular weight is 311 g/mol. The quantitative estimate of drug-likeness (QED) is 0.669. The summed E-state index contributed by atoms with van der Waals surface area (Å²) in [6.07, 6.45) is 6.39. The van der Waals surface area contributed by atoms with Gasteiger partial charge in [0.25, 0.3) is 5.91 Å². The average Bonchev–Trinajstić information content (AvgIpc) is 3.21. The Bertz CT molecular complexity index is 428. The number of hydrogen-bond acceptors (Lipinski definition) is 5. The first-order valence-corrected chi connectivity index (χ1v) is 7.93. The molecule has 124 valence electrons. The molecule has 0 bridgehead atoms. The Balaban J connectivity index is 1.66. The van der Waals surface area contributed by atoms with E-state index < -0.39 is 12.1 Å². The number of allylic oxidation sites excluding steroid dienone is 2. The van der Waals surface area contributed by atoms with Crippen molar-refractivity contribution in [2.75, 3.05) is 26.9 Å². The van der Waals surface area contributed by atoms with Crippen molar-refractivity contribution < 1.29 is 23.8 Å². The number of likely N-dealkylation sites (N-methyl/N-ethyl adjacent to an activating group) is 1. The number of carbonyl (C=O) groups is 2. The number of hydrogen-bond donors (Lipinski definition) is 0. The van der Waals surface area contributed by atoms with Crippen LogP contribution in [0.1, 0.15) is 39.0 Å². The molecule has 0 N–H and O–H groups in total. The normalized spacial score (nSPS) is 22.3. The summed E-state index contributed by atoms with van der Waals surface area (Å²) in [5.41, 5.74) is 1.00. The Morgan fingerprint density at radius 2 is 2.27 bits per heavy atom. The molecule has 2 unspecified atom stereocenters. The van der Waals surface area contributed by atoms with Gasteiger partial charge >= 0.3 is 5.97 Å². The van der Waals surface area contributed by atoms with Gasteiger partial charge in [0.2, 0.25) is 0 Å². The van der Waals surface area contributed by atoms with E-state index in [2.05, 4.69) is 0 Å². The first-order valence-electron chi connectivity index (χ1n) is 7.93. The van der Waals surface area contributed by atoms with Crippen LogP contribution < -0.4 is 0 Å². The van der Waals surface area contributed by atoms with Gasteiger partial charge in [0, 0.05) is 19.4 Å². The van der Waals surface area contributed by atoms with Crippen LogP contribution in [0.5, 0.6) is 0 Å². The zero-order valence-electron chi connectivity index (χ0n) is 13.4. The number of rotatable bonds is 7. The van der Waals surface area contributed by atoms with E-state index in [-0.39, 0.29) is 18.6 Å². The lowest BCUT2D eigenvalue weighted by Crippen LogP contribution is -2.33. The summed E-state index contributed by atoms with van der Waals surface area (Å²) < 4.78 is 15.9. The fraction of sp³-hybridized carbons (Fsp3) is 0.750. The minimum absolute atomic E-state index is 0.0670. The predicted octanol–water partition coefficient (Wildman–Crippen LogP) is 1.64. The van der Waals surface area contributed by atoms with E-state index in [4.69, 9.17) is 14.2 Å². The summed E-state index contributed by atoms with van der Waals surface area (Å²) in [6.45, 7) is 2.52. The molecule has 0 spiro atoms. The molecule has 2 aliphatic rings. The summed E-state index contributed by atoms with van der Waals surface area (Å²) in [6, 6.07) is 0. The summed E-state index contributed by atoms with van der Waals surface area (Å²) in [7, 11) is 1.71. The van der Waals surface area contributed by atoms with Crippen molar-refractivity contribution in [3.05, 3.63) is 11.8 Å². The second-order valence-electron chi connectivity index (χ2n) is 5.76. The third-order valence-electron chi connectivity index (χ3n) is 4.05. The van der Waals surface area contributed by atoms with Gasteiger partial charge in [-0.15, -0.1) is 0 Å². The highest BCUT2D eigenvalue weighted by molar-refractivity contribution is 5.82. The van der Waals surface area contributed by atoms with Gasteiger partial charge in [-0.25, -0.2) is 4.79 Å². The third-order valence-corrected chi connectivity index (χ3v) is 4.05. The maximum absolute atomic E-state index is 12.0. The van der Waals surface area contributed by atoms with Crippen molar-refractivity contribution in [2.45, 2.75) is 51.2 Å². The van der Waals surface area contributed by atoms with Crippen LogP contribution in [0.2, 0.25) is 0 Å². The van der Waals surface area contributed by atoms with Gasteiger partial charge in [-0.05, 0) is 39.0 Å². The molecule has 0 aromatic rings. The Hall–Kier alpha value is -1.40. The van der Waals surface area contributed by atoms with Crippen LogP contribution in [0.4, 0.5) is 0 Å². The van der Waals surface area contributed by atoms with Crippen LogP contribution in [0, 0.1) is 0 Å². The van der Waals surface area contributed by atoms with Gasteiger partial charge in [-0.1, -0.05) is 6.08 Å². The monoisotopic (exact) mass is 311 g/mol. The Morgan fingerprint density at radius 3 is 2.91 bits per heavy atom. The van der Waals surface area contributed by atoms with Gasteiger partial charge in [0.15, 0.2) is 12.7 Å². The first kappa shape index (κ1) is 17.0. The van der Waals surface area contributed by atoms with E-state index >= 15 is 0 Å². The predicted molar refractivity (Wildman–Crippen MR) is 80.1 cm³/mol. The zero-order valence-corrected chi connectivity index (χ0v) is 13.4. The van der Waals surface area contributed by atoms with E-state index in [1.165, 1.54) is 0 Å². The number of carbonyl (C=O) groups excluding carboxylic acids is 2. The van der Waals surface area contributed by atoms with E-state index in [1.807, 2.05) is 6.08 Å². The van der Waals surface area contributed by atoms with Crippen molar-refractivity contribution >= 4 is 11.9 Å². The SMILES string of the molecule is CC(OCC1CCCO1)C(=O)OCC(=O)N(C)C1=CCCC1. The largest absolute Gasteiger partial charge is 0.454 e. The van der Waals surface area contributed by atoms with Crippen molar-refractivity contribution in [3.8, 4) is 0 Å². The molecule has 1 saturated heterocycles. The van der Waals surface area contributed by atoms with E-state index in [0.717, 1.165) is 44.4 Å². The fourth-order valence-electron chi connectivity index (χ4n) is 2.56. The maximum Gasteiger partial charge on any atom is 0.335 e. The van der Waals surface area contributed by atoms with E-state index in [1.54, 1.807) is 18.9 Å². The number of ether oxygens (including phenoxy) is 3. The number of esters is 1. The highest BCUT2D eigenvalue weighted by Gasteiger charge is 2.22. The lowest BCUT2D eigenvalue weighted by molar-refractivity contribution is -0.162. The molecule has 2 atom stereocenters. The molecule has 6 heteroatoms. The second kappa shape index (κ2) is 8.29. The molecule has 1 amide bonds. The molecule has 1 aliphatic heterocycles. The molecule has 0 aromatic carbocycles. The standard InChI is InChI=1S/C16H25NO5/c1-12(21-10-14-8-5-9-20-14)16(19)22-11-15(18)17(2)13-6-3-4-7-13/h6,12,14H,3-5,7-11H2,1-2H3.